The van der Waals surface area contributed by atoms with E-state index in [1.165, 1.54) is 19.3 Å². The van der Waals surface area contributed by atoms with Gasteiger partial charge in [0, 0.05) is 0 Å². The van der Waals surface area contributed by atoms with E-state index in [1.807, 2.05) is 0 Å². The van der Waals surface area contributed by atoms with Gasteiger partial charge in [-0.15, -0.1) is 11.6 Å². The van der Waals surface area contributed by atoms with Gasteiger partial charge in [0.2, 0.25) is 0 Å². The van der Waals surface area contributed by atoms with Crippen LogP contribution in [0.25, 0.3) is 0 Å². The van der Waals surface area contributed by atoms with Crippen LogP contribution in [0.3, 0.4) is 0 Å². The van der Waals surface area contributed by atoms with Gasteiger partial charge in [0.25, 0.3) is 0 Å². The van der Waals surface area contributed by atoms with Gasteiger partial charge in [-0.3, -0.25) is 4.79 Å². The molecule has 13 heavy (non-hydrogen) atoms. The third-order valence-electron chi connectivity index (χ3n) is 1.83. The fourth-order valence-electron chi connectivity index (χ4n) is 1.05. The van der Waals surface area contributed by atoms with Gasteiger partial charge in [-0.25, -0.2) is 0 Å². The molecule has 0 saturated carbocycles. The number of alkyl halides is 1. The largest absolute Gasteiger partial charge is 1.00 e. The minimum Gasteiger partial charge on any atom is -1.00 e. The Morgan fingerprint density at radius 3 is 2.38 bits per heavy atom. The molecule has 0 aromatic heterocycles. The molecule has 0 fully saturated rings. The number of carboxylic acid groups (broad SMARTS) is 1. The summed E-state index contributed by atoms with van der Waals surface area (Å²) in [7, 11) is 0. The van der Waals surface area contributed by atoms with Crippen molar-refractivity contribution < 1.29 is 40.9 Å². The van der Waals surface area contributed by atoms with Crippen molar-refractivity contribution in [1.29, 1.82) is 0 Å². The standard InChI is InChI=1S/C9H17ClO2.Na.H/c1-2-3-4-5-6-7-8(10)9(11)12;;/h8H,2-7H2,1H3,(H,11,12);;/q;+1;-1. The third kappa shape index (κ3) is 10.7. The summed E-state index contributed by atoms with van der Waals surface area (Å²) in [6, 6.07) is 0. The maximum absolute atomic E-state index is 10.3. The van der Waals surface area contributed by atoms with Gasteiger partial charge < -0.3 is 6.53 Å². The summed E-state index contributed by atoms with van der Waals surface area (Å²) < 4.78 is 0. The first-order valence-electron chi connectivity index (χ1n) is 4.55. The van der Waals surface area contributed by atoms with Crippen molar-refractivity contribution in [3.8, 4) is 0 Å². The van der Waals surface area contributed by atoms with Gasteiger partial charge in [0.1, 0.15) is 5.38 Å². The molecule has 1 atom stereocenters. The first-order valence-corrected chi connectivity index (χ1v) is 4.99. The van der Waals surface area contributed by atoms with Gasteiger partial charge >= 0.3 is 35.5 Å². The fourth-order valence-corrected chi connectivity index (χ4v) is 1.20. The Balaban J connectivity index is -0.000000605. The van der Waals surface area contributed by atoms with E-state index >= 15 is 0 Å². The quantitative estimate of drug-likeness (QED) is 0.374. The van der Waals surface area contributed by atoms with Crippen LogP contribution in [-0.4, -0.2) is 16.5 Å². The molecule has 0 radical (unpaired) electrons. The summed E-state index contributed by atoms with van der Waals surface area (Å²) in [5, 5.41) is 7.76. The van der Waals surface area contributed by atoms with Crippen molar-refractivity contribution in [2.75, 3.05) is 0 Å². The molecule has 1 N–H and O–H groups in total. The van der Waals surface area contributed by atoms with E-state index in [-0.39, 0.29) is 31.0 Å². The maximum atomic E-state index is 10.3. The number of hydrogen-bond donors (Lipinski definition) is 1. The zero-order valence-corrected chi connectivity index (χ0v) is 11.3. The Morgan fingerprint density at radius 2 is 1.92 bits per heavy atom. The Labute approximate surface area is 109 Å². The van der Waals surface area contributed by atoms with Crippen LogP contribution in [-0.2, 0) is 4.79 Å². The Hall–Kier alpha value is 0.760. The molecule has 0 rings (SSSR count). The van der Waals surface area contributed by atoms with Crippen molar-refractivity contribution >= 4 is 17.6 Å². The molecule has 0 aromatic carbocycles. The van der Waals surface area contributed by atoms with Gasteiger partial charge in [-0.1, -0.05) is 39.0 Å². The number of rotatable bonds is 7. The van der Waals surface area contributed by atoms with Crippen molar-refractivity contribution in [2.45, 2.75) is 50.8 Å². The monoisotopic (exact) mass is 216 g/mol. The molecule has 0 aliphatic carbocycles. The van der Waals surface area contributed by atoms with Crippen LogP contribution in [0.15, 0.2) is 0 Å². The number of carboxylic acids is 1. The summed E-state index contributed by atoms with van der Waals surface area (Å²) in [4.78, 5) is 10.3. The van der Waals surface area contributed by atoms with E-state index in [9.17, 15) is 4.79 Å². The van der Waals surface area contributed by atoms with Crippen LogP contribution in [0.1, 0.15) is 46.9 Å². The number of unbranched alkanes of at least 4 members (excludes halogenated alkanes) is 4. The molecule has 0 bridgehead atoms. The molecule has 0 spiro atoms. The predicted molar refractivity (Wildman–Crippen MR) is 51.8 cm³/mol. The van der Waals surface area contributed by atoms with E-state index in [4.69, 9.17) is 16.7 Å². The fraction of sp³-hybridized carbons (Fsp3) is 0.889. The average Bonchev–Trinajstić information content (AvgIpc) is 2.03. The molecular weight excluding hydrogens is 199 g/mol. The summed E-state index contributed by atoms with van der Waals surface area (Å²) in [6.45, 7) is 2.15. The molecule has 0 aliphatic heterocycles. The van der Waals surface area contributed by atoms with Crippen LogP contribution in [0, 0.1) is 0 Å². The van der Waals surface area contributed by atoms with E-state index in [0.717, 1.165) is 12.8 Å². The Morgan fingerprint density at radius 1 is 1.38 bits per heavy atom. The SMILES string of the molecule is CCCCCCCC(Cl)C(=O)O.[H-].[Na+]. The topological polar surface area (TPSA) is 37.3 Å². The third-order valence-corrected chi connectivity index (χ3v) is 2.23. The minimum atomic E-state index is -0.896. The Kier molecular flexibility index (Phi) is 13.5. The van der Waals surface area contributed by atoms with Crippen molar-refractivity contribution in [3.63, 3.8) is 0 Å². The van der Waals surface area contributed by atoms with Gasteiger partial charge in [0.15, 0.2) is 0 Å². The molecule has 4 heteroatoms. The minimum absolute atomic E-state index is 0. The van der Waals surface area contributed by atoms with E-state index in [0.29, 0.717) is 6.42 Å². The first-order chi connectivity index (χ1) is 5.68. The number of carbonyl (C=O) groups is 1. The van der Waals surface area contributed by atoms with Crippen molar-refractivity contribution in [1.82, 2.24) is 0 Å². The van der Waals surface area contributed by atoms with Gasteiger partial charge in [-0.2, -0.15) is 0 Å². The van der Waals surface area contributed by atoms with Crippen LogP contribution >= 0.6 is 11.6 Å². The molecule has 2 nitrogen and oxygen atoms in total. The second-order valence-corrected chi connectivity index (χ2v) is 3.54. The molecular formula is C9H18ClNaO2. The molecule has 74 valence electrons. The average molecular weight is 217 g/mol. The smallest absolute Gasteiger partial charge is 1.00 e. The summed E-state index contributed by atoms with van der Waals surface area (Å²) in [6.07, 6.45) is 6.27. The van der Waals surface area contributed by atoms with Crippen LogP contribution in [0.5, 0.6) is 0 Å². The van der Waals surface area contributed by atoms with Gasteiger partial charge in [-0.05, 0) is 6.42 Å². The molecule has 0 aromatic rings. The van der Waals surface area contributed by atoms with E-state index in [2.05, 4.69) is 6.92 Å². The number of hydrogen-bond acceptors (Lipinski definition) is 1. The van der Waals surface area contributed by atoms with Crippen LogP contribution < -0.4 is 29.6 Å². The molecule has 0 aliphatic rings. The molecule has 1 unspecified atom stereocenters. The van der Waals surface area contributed by atoms with Crippen LogP contribution in [0.2, 0.25) is 0 Å². The molecule has 0 saturated heterocycles. The second-order valence-electron chi connectivity index (χ2n) is 3.01. The van der Waals surface area contributed by atoms with Crippen molar-refractivity contribution in [3.05, 3.63) is 0 Å². The maximum Gasteiger partial charge on any atom is 1.00 e. The summed E-state index contributed by atoms with van der Waals surface area (Å²) in [5.74, 6) is -0.896. The van der Waals surface area contributed by atoms with Gasteiger partial charge in [0.05, 0.1) is 0 Å². The number of halogens is 1. The second kappa shape index (κ2) is 10.8. The zero-order valence-electron chi connectivity index (χ0n) is 9.55. The number of aliphatic carboxylic acids is 1. The van der Waals surface area contributed by atoms with Crippen LogP contribution in [0.4, 0.5) is 0 Å². The zero-order chi connectivity index (χ0) is 9.40. The van der Waals surface area contributed by atoms with E-state index in [1.54, 1.807) is 0 Å². The normalized spacial score (nSPS) is 11.8. The Bertz CT molecular complexity index is 136. The summed E-state index contributed by atoms with van der Waals surface area (Å²) >= 11 is 5.53. The first kappa shape index (κ1) is 16.2. The summed E-state index contributed by atoms with van der Waals surface area (Å²) in [5.41, 5.74) is 0. The molecule has 0 heterocycles. The van der Waals surface area contributed by atoms with E-state index < -0.39 is 11.3 Å². The predicted octanol–water partition coefficient (Wildman–Crippen LogP) is 0.155. The van der Waals surface area contributed by atoms with Crippen molar-refractivity contribution in [2.24, 2.45) is 0 Å². The molecule has 0 amide bonds.